The van der Waals surface area contributed by atoms with E-state index in [0.29, 0.717) is 40.0 Å². The fraction of sp³-hybridized carbons (Fsp3) is 0.269. The first-order valence-electron chi connectivity index (χ1n) is 11.3. The van der Waals surface area contributed by atoms with Gasteiger partial charge in [-0.1, -0.05) is 0 Å². The molecule has 7 nitrogen and oxygen atoms in total. The second-order valence-corrected chi connectivity index (χ2v) is 8.87. The molecule has 2 aromatic carbocycles. The lowest BCUT2D eigenvalue weighted by atomic mass is 10.1. The predicted molar refractivity (Wildman–Crippen MR) is 130 cm³/mol. The van der Waals surface area contributed by atoms with E-state index >= 15 is 0 Å². The Labute approximate surface area is 197 Å². The highest BCUT2D eigenvalue weighted by Gasteiger charge is 2.22. The number of hydrogen-bond acceptors (Lipinski definition) is 6. The van der Waals surface area contributed by atoms with Crippen molar-refractivity contribution in [2.45, 2.75) is 6.42 Å². The van der Waals surface area contributed by atoms with E-state index in [0.717, 1.165) is 25.2 Å². The molecule has 8 heteroatoms. The standard InChI is InChI=1S/C26H26FN5O2/c1-31-12-11-17(15-31)16-32(2)26-30-23-13-21(8-10-24(23)34-26)29-25(33)19-5-9-22(28-14-19)18-3-6-20(27)7-4-18/h3-10,13-14,17H,11-12,15-16H2,1-2H3,(H,29,33). The number of carbonyl (C=O) groups excluding carboxylic acids is 1. The molecule has 1 N–H and O–H groups in total. The zero-order valence-electron chi connectivity index (χ0n) is 19.2. The minimum absolute atomic E-state index is 0.274. The summed E-state index contributed by atoms with van der Waals surface area (Å²) < 4.78 is 19.1. The monoisotopic (exact) mass is 459 g/mol. The van der Waals surface area contributed by atoms with Gasteiger partial charge >= 0.3 is 0 Å². The largest absolute Gasteiger partial charge is 0.423 e. The zero-order valence-corrected chi connectivity index (χ0v) is 19.2. The molecule has 4 aromatic rings. The average Bonchev–Trinajstić information content (AvgIpc) is 3.45. The molecule has 1 aliphatic heterocycles. The van der Waals surface area contributed by atoms with E-state index in [-0.39, 0.29) is 11.7 Å². The third-order valence-corrected chi connectivity index (χ3v) is 6.15. The number of fused-ring (bicyclic) bond motifs is 1. The maximum Gasteiger partial charge on any atom is 0.298 e. The Morgan fingerprint density at radius 1 is 1.21 bits per heavy atom. The van der Waals surface area contributed by atoms with Crippen LogP contribution in [0, 0.1) is 11.7 Å². The number of hydrogen-bond donors (Lipinski definition) is 1. The highest BCUT2D eigenvalue weighted by molar-refractivity contribution is 6.04. The zero-order chi connectivity index (χ0) is 23.7. The molecule has 1 unspecified atom stereocenters. The van der Waals surface area contributed by atoms with Gasteiger partial charge in [0.05, 0.1) is 11.3 Å². The second kappa shape index (κ2) is 9.23. The summed E-state index contributed by atoms with van der Waals surface area (Å²) in [5, 5.41) is 2.89. The van der Waals surface area contributed by atoms with Gasteiger partial charge in [-0.2, -0.15) is 4.98 Å². The summed E-state index contributed by atoms with van der Waals surface area (Å²) in [4.78, 5) is 26.1. The van der Waals surface area contributed by atoms with Crippen molar-refractivity contribution in [3.8, 4) is 11.3 Å². The summed E-state index contributed by atoms with van der Waals surface area (Å²) in [7, 11) is 4.14. The number of nitrogens with one attached hydrogen (secondary N) is 1. The highest BCUT2D eigenvalue weighted by Crippen LogP contribution is 2.26. The van der Waals surface area contributed by atoms with Crippen molar-refractivity contribution < 1.29 is 13.6 Å². The number of likely N-dealkylation sites (tertiary alicyclic amines) is 1. The van der Waals surface area contributed by atoms with Crippen LogP contribution in [0.2, 0.25) is 0 Å². The van der Waals surface area contributed by atoms with Crippen LogP contribution >= 0.6 is 0 Å². The smallest absolute Gasteiger partial charge is 0.298 e. The lowest BCUT2D eigenvalue weighted by Crippen LogP contribution is -2.27. The first kappa shape index (κ1) is 22.0. The van der Waals surface area contributed by atoms with E-state index in [4.69, 9.17) is 4.42 Å². The van der Waals surface area contributed by atoms with Crippen LogP contribution < -0.4 is 10.2 Å². The Kier molecular flexibility index (Phi) is 5.98. The minimum Gasteiger partial charge on any atom is -0.423 e. The molecule has 1 atom stereocenters. The number of amides is 1. The summed E-state index contributed by atoms with van der Waals surface area (Å²) in [6.45, 7) is 3.10. The minimum atomic E-state index is -0.302. The first-order chi connectivity index (χ1) is 16.4. The fourth-order valence-electron chi connectivity index (χ4n) is 4.32. The van der Waals surface area contributed by atoms with Gasteiger partial charge < -0.3 is 19.5 Å². The third-order valence-electron chi connectivity index (χ3n) is 6.15. The number of oxazole rings is 1. The maximum atomic E-state index is 13.1. The van der Waals surface area contributed by atoms with E-state index < -0.39 is 0 Å². The SMILES string of the molecule is CN1CCC(CN(C)c2nc3cc(NC(=O)c4ccc(-c5ccc(F)cc5)nc4)ccc3o2)C1. The molecule has 2 aromatic heterocycles. The van der Waals surface area contributed by atoms with Gasteiger partial charge in [0.1, 0.15) is 11.3 Å². The van der Waals surface area contributed by atoms with Crippen LogP contribution in [0.1, 0.15) is 16.8 Å². The average molecular weight is 460 g/mol. The Morgan fingerprint density at radius 3 is 2.74 bits per heavy atom. The molecule has 0 radical (unpaired) electrons. The molecule has 5 rings (SSSR count). The molecule has 0 bridgehead atoms. The van der Waals surface area contributed by atoms with Crippen molar-refractivity contribution in [2.75, 3.05) is 43.9 Å². The van der Waals surface area contributed by atoms with Crippen LogP contribution in [0.5, 0.6) is 0 Å². The van der Waals surface area contributed by atoms with Crippen LogP contribution in [-0.4, -0.2) is 54.5 Å². The summed E-state index contributed by atoms with van der Waals surface area (Å²) in [6.07, 6.45) is 2.69. The van der Waals surface area contributed by atoms with Crippen molar-refractivity contribution in [1.29, 1.82) is 0 Å². The number of nitrogens with zero attached hydrogens (tertiary/aromatic N) is 4. The highest BCUT2D eigenvalue weighted by atomic mass is 19.1. The molecule has 1 amide bonds. The van der Waals surface area contributed by atoms with E-state index in [1.807, 2.05) is 13.1 Å². The van der Waals surface area contributed by atoms with Crippen LogP contribution in [0.4, 0.5) is 16.1 Å². The molecular weight excluding hydrogens is 433 g/mol. The molecule has 1 saturated heterocycles. The Morgan fingerprint density at radius 2 is 2.03 bits per heavy atom. The Hall–Kier alpha value is -3.78. The van der Waals surface area contributed by atoms with E-state index in [1.54, 1.807) is 36.4 Å². The molecule has 3 heterocycles. The number of rotatable bonds is 6. The van der Waals surface area contributed by atoms with Gasteiger partial charge in [-0.05, 0) is 80.5 Å². The van der Waals surface area contributed by atoms with Gasteiger partial charge in [-0.15, -0.1) is 0 Å². The Balaban J connectivity index is 1.26. The molecule has 1 fully saturated rings. The quantitative estimate of drug-likeness (QED) is 0.452. The van der Waals surface area contributed by atoms with Crippen molar-refractivity contribution >= 4 is 28.7 Å². The van der Waals surface area contributed by atoms with Gasteiger partial charge in [0.2, 0.25) is 0 Å². The Bertz CT molecular complexity index is 1300. The molecule has 174 valence electrons. The van der Waals surface area contributed by atoms with Crippen molar-refractivity contribution in [2.24, 2.45) is 5.92 Å². The van der Waals surface area contributed by atoms with E-state index in [9.17, 15) is 9.18 Å². The molecule has 0 saturated carbocycles. The summed E-state index contributed by atoms with van der Waals surface area (Å²) in [5.41, 5.74) is 3.86. The molecule has 0 aliphatic carbocycles. The van der Waals surface area contributed by atoms with Gasteiger partial charge in [0, 0.05) is 37.6 Å². The van der Waals surface area contributed by atoms with E-state index in [1.165, 1.54) is 24.8 Å². The summed E-state index contributed by atoms with van der Waals surface area (Å²) in [6, 6.07) is 15.5. The third kappa shape index (κ3) is 4.77. The molecule has 0 spiro atoms. The van der Waals surface area contributed by atoms with Crippen molar-refractivity contribution in [3.05, 3.63) is 72.2 Å². The lowest BCUT2D eigenvalue weighted by molar-refractivity contribution is 0.102. The first-order valence-corrected chi connectivity index (χ1v) is 11.3. The topological polar surface area (TPSA) is 74.5 Å². The summed E-state index contributed by atoms with van der Waals surface area (Å²) in [5.74, 6) is 0.0239. The number of carbonyl (C=O) groups is 1. The number of anilines is 2. The normalized spacial score (nSPS) is 16.1. The number of aromatic nitrogens is 2. The predicted octanol–water partition coefficient (Wildman–Crippen LogP) is 4.67. The molecule has 34 heavy (non-hydrogen) atoms. The van der Waals surface area contributed by atoms with Crippen LogP contribution in [-0.2, 0) is 0 Å². The molecule has 1 aliphatic rings. The number of halogens is 1. The van der Waals surface area contributed by atoms with Crippen LogP contribution in [0.3, 0.4) is 0 Å². The van der Waals surface area contributed by atoms with Gasteiger partial charge in [-0.3, -0.25) is 9.78 Å². The van der Waals surface area contributed by atoms with E-state index in [2.05, 4.69) is 32.1 Å². The molecular formula is C26H26FN5O2. The maximum absolute atomic E-state index is 13.1. The second-order valence-electron chi connectivity index (χ2n) is 8.87. The van der Waals surface area contributed by atoms with Gasteiger partial charge in [-0.25, -0.2) is 4.39 Å². The van der Waals surface area contributed by atoms with Crippen molar-refractivity contribution in [1.82, 2.24) is 14.9 Å². The van der Waals surface area contributed by atoms with Gasteiger partial charge in [0.25, 0.3) is 11.9 Å². The number of benzene rings is 2. The fourth-order valence-corrected chi connectivity index (χ4v) is 4.32. The number of pyridine rings is 1. The van der Waals surface area contributed by atoms with Crippen molar-refractivity contribution in [3.63, 3.8) is 0 Å². The van der Waals surface area contributed by atoms with Crippen LogP contribution in [0.15, 0.2) is 65.2 Å². The summed E-state index contributed by atoms with van der Waals surface area (Å²) >= 11 is 0. The van der Waals surface area contributed by atoms with Gasteiger partial charge in [0.15, 0.2) is 5.58 Å². The van der Waals surface area contributed by atoms with Crippen LogP contribution in [0.25, 0.3) is 22.4 Å². The lowest BCUT2D eigenvalue weighted by Gasteiger charge is -2.18.